The van der Waals surface area contributed by atoms with E-state index < -0.39 is 0 Å². The largest absolute Gasteiger partial charge is 0.497 e. The number of aliphatic hydroxyl groups excluding tert-OH is 1. The number of ether oxygens (including phenoxy) is 2. The summed E-state index contributed by atoms with van der Waals surface area (Å²) in [6, 6.07) is 16.4. The second kappa shape index (κ2) is 12.3. The Morgan fingerprint density at radius 1 is 1.03 bits per heavy atom. The monoisotopic (exact) mass is 400 g/mol. The number of rotatable bonds is 13. The number of aliphatic hydroxyl groups is 1. The second-order valence-electron chi connectivity index (χ2n) is 7.41. The fourth-order valence-corrected chi connectivity index (χ4v) is 3.30. The lowest BCUT2D eigenvalue weighted by atomic mass is 10.2. The SMILES string of the molecule is CCC[C@@H](O)CN(C)CCOc1ccc(CN(CC)c2cccc(OC)c2)cc1. The van der Waals surface area contributed by atoms with Crippen molar-refractivity contribution in [1.82, 2.24) is 4.90 Å². The topological polar surface area (TPSA) is 45.2 Å². The van der Waals surface area contributed by atoms with Crippen LogP contribution in [0.4, 0.5) is 5.69 Å². The van der Waals surface area contributed by atoms with Crippen molar-refractivity contribution in [3.8, 4) is 11.5 Å². The first kappa shape index (κ1) is 23.0. The van der Waals surface area contributed by atoms with Crippen LogP contribution in [0.5, 0.6) is 11.5 Å². The Kier molecular flexibility index (Phi) is 9.81. The van der Waals surface area contributed by atoms with Gasteiger partial charge in [0.05, 0.1) is 13.2 Å². The number of hydrogen-bond acceptors (Lipinski definition) is 5. The van der Waals surface area contributed by atoms with Gasteiger partial charge < -0.3 is 24.4 Å². The van der Waals surface area contributed by atoms with Crippen LogP contribution in [0.2, 0.25) is 0 Å². The summed E-state index contributed by atoms with van der Waals surface area (Å²) in [6.07, 6.45) is 1.60. The van der Waals surface area contributed by atoms with E-state index in [0.29, 0.717) is 13.2 Å². The lowest BCUT2D eigenvalue weighted by Gasteiger charge is -2.24. The summed E-state index contributed by atoms with van der Waals surface area (Å²) in [5, 5.41) is 9.88. The minimum Gasteiger partial charge on any atom is -0.497 e. The van der Waals surface area contributed by atoms with Gasteiger partial charge in [-0.15, -0.1) is 0 Å². The average Bonchev–Trinajstić information content (AvgIpc) is 2.73. The molecule has 0 aromatic heterocycles. The van der Waals surface area contributed by atoms with Crippen molar-refractivity contribution in [3.63, 3.8) is 0 Å². The maximum absolute atomic E-state index is 9.88. The van der Waals surface area contributed by atoms with Crippen LogP contribution >= 0.6 is 0 Å². The molecule has 5 nitrogen and oxygen atoms in total. The molecule has 0 spiro atoms. The van der Waals surface area contributed by atoms with Crippen LogP contribution in [-0.4, -0.2) is 56.5 Å². The van der Waals surface area contributed by atoms with Crippen molar-refractivity contribution < 1.29 is 14.6 Å². The number of benzene rings is 2. The fourth-order valence-electron chi connectivity index (χ4n) is 3.30. The molecule has 1 N–H and O–H groups in total. The molecule has 0 amide bonds. The Hall–Kier alpha value is -2.24. The Labute approximate surface area is 175 Å². The molecule has 1 atom stereocenters. The summed E-state index contributed by atoms with van der Waals surface area (Å²) in [5.74, 6) is 1.75. The third kappa shape index (κ3) is 7.95. The zero-order valence-corrected chi connectivity index (χ0v) is 18.3. The molecule has 0 unspecified atom stereocenters. The van der Waals surface area contributed by atoms with Crippen LogP contribution in [0.25, 0.3) is 0 Å². The van der Waals surface area contributed by atoms with Crippen LogP contribution in [0.3, 0.4) is 0 Å². The van der Waals surface area contributed by atoms with E-state index in [1.165, 1.54) is 5.56 Å². The van der Waals surface area contributed by atoms with E-state index in [4.69, 9.17) is 9.47 Å². The van der Waals surface area contributed by atoms with Crippen molar-refractivity contribution in [3.05, 3.63) is 54.1 Å². The molecule has 0 radical (unpaired) electrons. The fraction of sp³-hybridized carbons (Fsp3) is 0.500. The Morgan fingerprint density at radius 2 is 1.79 bits per heavy atom. The van der Waals surface area contributed by atoms with Gasteiger partial charge in [0.15, 0.2) is 0 Å². The molecule has 0 saturated carbocycles. The quantitative estimate of drug-likeness (QED) is 0.546. The Morgan fingerprint density at radius 3 is 2.45 bits per heavy atom. The molecular weight excluding hydrogens is 364 g/mol. The molecule has 0 heterocycles. The lowest BCUT2D eigenvalue weighted by molar-refractivity contribution is 0.109. The van der Waals surface area contributed by atoms with Gasteiger partial charge in [-0.3, -0.25) is 0 Å². The van der Waals surface area contributed by atoms with Crippen LogP contribution in [0.15, 0.2) is 48.5 Å². The molecule has 0 aliphatic rings. The van der Waals surface area contributed by atoms with Crippen molar-refractivity contribution in [2.24, 2.45) is 0 Å². The minimum absolute atomic E-state index is 0.254. The second-order valence-corrected chi connectivity index (χ2v) is 7.41. The predicted octanol–water partition coefficient (Wildman–Crippen LogP) is 4.19. The standard InChI is InChI=1S/C24H36N2O3/c1-5-8-22(27)19-25(3)15-16-29-23-13-11-20(12-14-23)18-26(6-2)21-9-7-10-24(17-21)28-4/h7,9-14,17,22,27H,5-6,8,15-16,18-19H2,1-4H3/t22-/m1/s1. The van der Waals surface area contributed by atoms with Crippen LogP contribution < -0.4 is 14.4 Å². The molecule has 0 aliphatic carbocycles. The lowest BCUT2D eigenvalue weighted by Crippen LogP contribution is -2.32. The molecule has 29 heavy (non-hydrogen) atoms. The summed E-state index contributed by atoms with van der Waals surface area (Å²) in [4.78, 5) is 4.43. The highest BCUT2D eigenvalue weighted by molar-refractivity contribution is 5.51. The van der Waals surface area contributed by atoms with Gasteiger partial charge in [-0.05, 0) is 50.2 Å². The van der Waals surface area contributed by atoms with Gasteiger partial charge in [0.2, 0.25) is 0 Å². The zero-order valence-electron chi connectivity index (χ0n) is 18.3. The highest BCUT2D eigenvalue weighted by atomic mass is 16.5. The van der Waals surface area contributed by atoms with Crippen molar-refractivity contribution in [1.29, 1.82) is 0 Å². The first-order chi connectivity index (χ1) is 14.0. The molecule has 160 valence electrons. The number of hydrogen-bond donors (Lipinski definition) is 1. The van der Waals surface area contributed by atoms with Gasteiger partial charge >= 0.3 is 0 Å². The maximum atomic E-state index is 9.88. The normalized spacial score (nSPS) is 12.1. The van der Waals surface area contributed by atoms with E-state index in [0.717, 1.165) is 49.7 Å². The van der Waals surface area contributed by atoms with E-state index in [1.54, 1.807) is 7.11 Å². The van der Waals surface area contributed by atoms with Gasteiger partial charge in [0.25, 0.3) is 0 Å². The average molecular weight is 401 g/mol. The summed E-state index contributed by atoms with van der Waals surface area (Å²) in [5.41, 5.74) is 2.39. The van der Waals surface area contributed by atoms with Crippen molar-refractivity contribution >= 4 is 5.69 Å². The third-order valence-corrected chi connectivity index (χ3v) is 4.98. The van der Waals surface area contributed by atoms with Gasteiger partial charge in [-0.1, -0.05) is 31.5 Å². The van der Waals surface area contributed by atoms with E-state index >= 15 is 0 Å². The summed E-state index contributed by atoms with van der Waals surface area (Å²) in [6.45, 7) is 8.09. The van der Waals surface area contributed by atoms with Gasteiger partial charge in [0, 0.05) is 37.9 Å². The molecule has 5 heteroatoms. The number of nitrogens with zero attached hydrogens (tertiary/aromatic N) is 2. The van der Waals surface area contributed by atoms with Gasteiger partial charge in [-0.2, -0.15) is 0 Å². The summed E-state index contributed by atoms with van der Waals surface area (Å²) in [7, 11) is 3.71. The molecule has 2 aromatic rings. The summed E-state index contributed by atoms with van der Waals surface area (Å²) < 4.78 is 11.2. The maximum Gasteiger partial charge on any atom is 0.120 e. The first-order valence-electron chi connectivity index (χ1n) is 10.5. The molecule has 0 aliphatic heterocycles. The van der Waals surface area contributed by atoms with Crippen molar-refractivity contribution in [2.75, 3.05) is 45.3 Å². The van der Waals surface area contributed by atoms with E-state index in [-0.39, 0.29) is 6.10 Å². The number of methoxy groups -OCH3 is 1. The predicted molar refractivity (Wildman–Crippen MR) is 120 cm³/mol. The van der Waals surface area contributed by atoms with E-state index in [2.05, 4.69) is 47.9 Å². The molecule has 0 fully saturated rings. The highest BCUT2D eigenvalue weighted by Crippen LogP contribution is 2.23. The third-order valence-electron chi connectivity index (χ3n) is 4.98. The highest BCUT2D eigenvalue weighted by Gasteiger charge is 2.08. The minimum atomic E-state index is -0.254. The van der Waals surface area contributed by atoms with Crippen LogP contribution in [-0.2, 0) is 6.54 Å². The van der Waals surface area contributed by atoms with Crippen molar-refractivity contribution in [2.45, 2.75) is 39.3 Å². The molecule has 2 aromatic carbocycles. The Bertz CT molecular complexity index is 706. The Balaban J connectivity index is 1.83. The molecular formula is C24H36N2O3. The van der Waals surface area contributed by atoms with E-state index in [1.807, 2.05) is 31.3 Å². The van der Waals surface area contributed by atoms with Gasteiger partial charge in [0.1, 0.15) is 18.1 Å². The summed E-state index contributed by atoms with van der Waals surface area (Å²) >= 11 is 0. The number of likely N-dealkylation sites (N-methyl/N-ethyl adjacent to an activating group) is 1. The molecule has 2 rings (SSSR count). The zero-order chi connectivity index (χ0) is 21.1. The smallest absolute Gasteiger partial charge is 0.120 e. The van der Waals surface area contributed by atoms with Crippen LogP contribution in [0.1, 0.15) is 32.3 Å². The number of anilines is 1. The van der Waals surface area contributed by atoms with E-state index in [9.17, 15) is 5.11 Å². The van der Waals surface area contributed by atoms with Gasteiger partial charge in [-0.25, -0.2) is 0 Å². The molecule has 0 saturated heterocycles. The first-order valence-corrected chi connectivity index (χ1v) is 10.5. The molecule has 0 bridgehead atoms. The van der Waals surface area contributed by atoms with Crippen LogP contribution in [0, 0.1) is 0 Å².